The lowest BCUT2D eigenvalue weighted by Gasteiger charge is -2.58. The van der Waals surface area contributed by atoms with Crippen LogP contribution < -0.4 is 0 Å². The summed E-state index contributed by atoms with van der Waals surface area (Å²) >= 11 is 0. The molecule has 0 heterocycles. The van der Waals surface area contributed by atoms with Crippen molar-refractivity contribution in [2.45, 2.75) is 71.3 Å². The molecule has 4 aliphatic rings. The number of hydrogen-bond acceptors (Lipinski definition) is 1. The fourth-order valence-corrected chi connectivity index (χ4v) is 6.79. The quantitative estimate of drug-likeness (QED) is 0.642. The Morgan fingerprint density at radius 3 is 2.65 bits per heavy atom. The predicted octanol–water partition coefficient (Wildman–Crippen LogP) is 4.56. The zero-order valence-corrected chi connectivity index (χ0v) is 13.1. The van der Waals surface area contributed by atoms with Crippen LogP contribution in [0.2, 0.25) is 0 Å². The molecule has 0 aliphatic heterocycles. The number of rotatable bonds is 0. The molecule has 20 heavy (non-hydrogen) atoms. The monoisotopic (exact) mass is 274 g/mol. The first-order chi connectivity index (χ1) is 9.56. The number of aliphatic hydroxyl groups excluding tert-OH is 1. The van der Waals surface area contributed by atoms with E-state index in [9.17, 15) is 5.11 Å². The smallest absolute Gasteiger partial charge is 0.0596 e. The molecule has 0 saturated heterocycles. The molecular weight excluding hydrogens is 244 g/mol. The van der Waals surface area contributed by atoms with Crippen molar-refractivity contribution in [2.75, 3.05) is 0 Å². The van der Waals surface area contributed by atoms with Gasteiger partial charge in [0.05, 0.1) is 6.10 Å². The summed E-state index contributed by atoms with van der Waals surface area (Å²) in [4.78, 5) is 0. The number of fused-ring (bicyclic) bond motifs is 5. The number of hydrogen-bond donors (Lipinski definition) is 1. The average Bonchev–Trinajstić information content (AvgIpc) is 2.74. The largest absolute Gasteiger partial charge is 0.393 e. The molecule has 4 rings (SSSR count). The van der Waals surface area contributed by atoms with Crippen LogP contribution in [0.25, 0.3) is 0 Å². The number of allylic oxidation sites excluding steroid dienone is 2. The molecule has 7 atom stereocenters. The Balaban J connectivity index is 1.68. The van der Waals surface area contributed by atoms with Crippen molar-refractivity contribution in [2.24, 2.45) is 34.5 Å². The van der Waals surface area contributed by atoms with Gasteiger partial charge in [0.15, 0.2) is 0 Å². The standard InChI is InChI=1S/C19H30O/c1-18-11-4-3-5-13(18)6-7-14-15-8-9-17(20)19(15,2)12-10-16(14)18/h4,11,13-17,20H,3,5-10,12H2,1-2H3/t13-,14-,15-,16-,17+,18-,19-/m0/s1. The Morgan fingerprint density at radius 2 is 1.80 bits per heavy atom. The van der Waals surface area contributed by atoms with Gasteiger partial charge in [-0.3, -0.25) is 0 Å². The van der Waals surface area contributed by atoms with Crippen LogP contribution in [0.5, 0.6) is 0 Å². The Hall–Kier alpha value is -0.300. The molecule has 1 N–H and O–H groups in total. The van der Waals surface area contributed by atoms with E-state index in [1.807, 2.05) is 0 Å². The minimum Gasteiger partial charge on any atom is -0.393 e. The van der Waals surface area contributed by atoms with Gasteiger partial charge >= 0.3 is 0 Å². The summed E-state index contributed by atoms with van der Waals surface area (Å²) < 4.78 is 0. The van der Waals surface area contributed by atoms with E-state index in [2.05, 4.69) is 26.0 Å². The highest BCUT2D eigenvalue weighted by Gasteiger charge is 2.58. The molecule has 0 spiro atoms. The molecule has 112 valence electrons. The van der Waals surface area contributed by atoms with Crippen LogP contribution in [0.4, 0.5) is 0 Å². The Labute approximate surface area is 123 Å². The summed E-state index contributed by atoms with van der Waals surface area (Å²) in [7, 11) is 0. The highest BCUT2D eigenvalue weighted by atomic mass is 16.3. The highest BCUT2D eigenvalue weighted by Crippen LogP contribution is 2.65. The van der Waals surface area contributed by atoms with Gasteiger partial charge in [0.2, 0.25) is 0 Å². The Bertz CT molecular complexity index is 427. The van der Waals surface area contributed by atoms with Gasteiger partial charge < -0.3 is 5.11 Å². The maximum absolute atomic E-state index is 10.5. The summed E-state index contributed by atoms with van der Waals surface area (Å²) in [6.45, 7) is 4.94. The summed E-state index contributed by atoms with van der Waals surface area (Å²) in [6, 6.07) is 0. The third-order valence-corrected chi connectivity index (χ3v) is 8.07. The lowest BCUT2D eigenvalue weighted by molar-refractivity contribution is -0.0944. The molecule has 3 fully saturated rings. The zero-order chi connectivity index (χ0) is 14.0. The van der Waals surface area contributed by atoms with Gasteiger partial charge in [-0.15, -0.1) is 0 Å². The average molecular weight is 274 g/mol. The first-order valence-corrected chi connectivity index (χ1v) is 8.91. The summed E-state index contributed by atoms with van der Waals surface area (Å²) in [5.41, 5.74) is 0.707. The summed E-state index contributed by atoms with van der Waals surface area (Å²) in [5.74, 6) is 3.50. The van der Waals surface area contributed by atoms with Crippen LogP contribution in [-0.4, -0.2) is 11.2 Å². The van der Waals surface area contributed by atoms with Crippen LogP contribution in [0.1, 0.15) is 65.2 Å². The second-order valence-corrected chi connectivity index (χ2v) is 8.63. The van der Waals surface area contributed by atoms with E-state index in [0.717, 1.165) is 30.1 Å². The minimum absolute atomic E-state index is 0.0270. The van der Waals surface area contributed by atoms with Gasteiger partial charge in [-0.2, -0.15) is 0 Å². The fourth-order valence-electron chi connectivity index (χ4n) is 6.79. The Kier molecular flexibility index (Phi) is 2.91. The second-order valence-electron chi connectivity index (χ2n) is 8.63. The second kappa shape index (κ2) is 4.35. The van der Waals surface area contributed by atoms with E-state index in [1.165, 1.54) is 44.9 Å². The van der Waals surface area contributed by atoms with Crippen molar-refractivity contribution in [3.05, 3.63) is 12.2 Å². The van der Waals surface area contributed by atoms with Crippen molar-refractivity contribution in [1.82, 2.24) is 0 Å². The third-order valence-electron chi connectivity index (χ3n) is 8.07. The van der Waals surface area contributed by atoms with Crippen molar-refractivity contribution in [3.63, 3.8) is 0 Å². The van der Waals surface area contributed by atoms with Gasteiger partial charge in [0.25, 0.3) is 0 Å². The van der Waals surface area contributed by atoms with Crippen molar-refractivity contribution < 1.29 is 5.11 Å². The van der Waals surface area contributed by atoms with Crippen LogP contribution in [0.3, 0.4) is 0 Å². The predicted molar refractivity (Wildman–Crippen MR) is 82.3 cm³/mol. The van der Waals surface area contributed by atoms with Gasteiger partial charge in [-0.05, 0) is 85.9 Å². The number of aliphatic hydroxyl groups is 1. The lowest BCUT2D eigenvalue weighted by Crippen LogP contribution is -2.52. The molecule has 0 unspecified atom stereocenters. The third kappa shape index (κ3) is 1.59. The maximum Gasteiger partial charge on any atom is 0.0596 e. The lowest BCUT2D eigenvalue weighted by atomic mass is 9.46. The van der Waals surface area contributed by atoms with Crippen molar-refractivity contribution in [1.29, 1.82) is 0 Å². The molecule has 0 aromatic heterocycles. The summed E-state index contributed by atoms with van der Waals surface area (Å²) in [5, 5.41) is 10.5. The molecule has 1 heteroatoms. The maximum atomic E-state index is 10.5. The SMILES string of the molecule is C[C@]12C=CCC[C@H]1CC[C@@H]1[C@@H]2CC[C@]2(C)[C@H](O)CC[C@@H]12. The normalized spacial score (nSPS) is 57.9. The van der Waals surface area contributed by atoms with Gasteiger partial charge in [0.1, 0.15) is 0 Å². The summed E-state index contributed by atoms with van der Waals surface area (Å²) in [6.07, 6.45) is 15.6. The molecule has 3 saturated carbocycles. The zero-order valence-electron chi connectivity index (χ0n) is 13.1. The van der Waals surface area contributed by atoms with E-state index < -0.39 is 0 Å². The van der Waals surface area contributed by atoms with Gasteiger partial charge in [-0.25, -0.2) is 0 Å². The Morgan fingerprint density at radius 1 is 0.950 bits per heavy atom. The molecule has 0 amide bonds. The molecule has 0 aromatic carbocycles. The van der Waals surface area contributed by atoms with E-state index in [-0.39, 0.29) is 11.5 Å². The molecule has 0 radical (unpaired) electrons. The molecule has 1 nitrogen and oxygen atoms in total. The van der Waals surface area contributed by atoms with E-state index in [1.54, 1.807) is 0 Å². The molecular formula is C19H30O. The fraction of sp³-hybridized carbons (Fsp3) is 0.895. The first kappa shape index (κ1) is 13.4. The van der Waals surface area contributed by atoms with E-state index in [0.29, 0.717) is 5.41 Å². The van der Waals surface area contributed by atoms with Crippen molar-refractivity contribution in [3.8, 4) is 0 Å². The molecule has 4 aliphatic carbocycles. The highest BCUT2D eigenvalue weighted by molar-refractivity contribution is 5.15. The van der Waals surface area contributed by atoms with Gasteiger partial charge in [0, 0.05) is 0 Å². The first-order valence-electron chi connectivity index (χ1n) is 8.91. The van der Waals surface area contributed by atoms with E-state index in [4.69, 9.17) is 0 Å². The van der Waals surface area contributed by atoms with E-state index >= 15 is 0 Å². The van der Waals surface area contributed by atoms with Crippen LogP contribution in [0, 0.1) is 34.5 Å². The van der Waals surface area contributed by atoms with Gasteiger partial charge in [-0.1, -0.05) is 26.0 Å². The van der Waals surface area contributed by atoms with Crippen LogP contribution >= 0.6 is 0 Å². The van der Waals surface area contributed by atoms with Crippen molar-refractivity contribution >= 4 is 0 Å². The minimum atomic E-state index is -0.0270. The topological polar surface area (TPSA) is 20.2 Å². The van der Waals surface area contributed by atoms with Crippen LogP contribution in [0.15, 0.2) is 12.2 Å². The van der Waals surface area contributed by atoms with Crippen LogP contribution in [-0.2, 0) is 0 Å². The molecule has 0 bridgehead atoms. The molecule has 0 aromatic rings.